The van der Waals surface area contributed by atoms with Crippen LogP contribution in [0.5, 0.6) is 0 Å². The second-order valence-electron chi connectivity index (χ2n) is 7.66. The van der Waals surface area contributed by atoms with Crippen molar-refractivity contribution in [1.29, 1.82) is 0 Å². The number of rotatable bonds is 9. The van der Waals surface area contributed by atoms with Gasteiger partial charge in [-0.05, 0) is 38.8 Å². The van der Waals surface area contributed by atoms with Crippen LogP contribution in [-0.2, 0) is 11.2 Å². The number of aliphatic hydroxyl groups excluding tert-OH is 1. The van der Waals surface area contributed by atoms with Crippen LogP contribution in [0.4, 0.5) is 0 Å². The topological polar surface area (TPSA) is 91.9 Å². The highest BCUT2D eigenvalue weighted by molar-refractivity contribution is 5.79. The third-order valence-electron chi connectivity index (χ3n) is 5.27. The predicted molar refractivity (Wildman–Crippen MR) is 114 cm³/mol. The van der Waals surface area contributed by atoms with Gasteiger partial charge in [-0.15, -0.1) is 0 Å². The molecule has 0 bridgehead atoms. The van der Waals surface area contributed by atoms with Crippen LogP contribution in [0.15, 0.2) is 39.9 Å². The normalized spacial score (nSPS) is 19.5. The Bertz CT molecular complexity index is 780. The van der Waals surface area contributed by atoms with Gasteiger partial charge in [0.15, 0.2) is 5.96 Å². The molecule has 1 aliphatic heterocycles. The molecule has 0 amide bonds. The van der Waals surface area contributed by atoms with E-state index in [1.807, 2.05) is 19.1 Å². The number of oxazole rings is 1. The second kappa shape index (κ2) is 10.4. The first-order valence-corrected chi connectivity index (χ1v) is 10.4. The number of hydrogen-bond acceptors (Lipinski definition) is 5. The zero-order chi connectivity index (χ0) is 20.5. The molecule has 1 aliphatic rings. The molecule has 3 N–H and O–H groups in total. The quantitative estimate of drug-likeness (QED) is 0.443. The Morgan fingerprint density at radius 3 is 2.79 bits per heavy atom. The zero-order valence-electron chi connectivity index (χ0n) is 17.4. The Morgan fingerprint density at radius 2 is 2.10 bits per heavy atom. The number of aliphatic hydroxyl groups is 1. The Hall–Kier alpha value is -2.38. The van der Waals surface area contributed by atoms with Crippen molar-refractivity contribution in [2.75, 3.05) is 39.5 Å². The molecule has 0 aliphatic carbocycles. The first kappa shape index (κ1) is 21.3. The maximum atomic E-state index is 9.37. The van der Waals surface area contributed by atoms with Gasteiger partial charge in [0.05, 0.1) is 18.8 Å². The van der Waals surface area contributed by atoms with Crippen molar-refractivity contribution in [2.45, 2.75) is 33.1 Å². The predicted octanol–water partition coefficient (Wildman–Crippen LogP) is 2.54. The molecule has 0 spiro atoms. The van der Waals surface area contributed by atoms with Gasteiger partial charge in [-0.3, -0.25) is 4.99 Å². The van der Waals surface area contributed by atoms with Crippen molar-refractivity contribution < 1.29 is 14.3 Å². The highest BCUT2D eigenvalue weighted by Crippen LogP contribution is 2.32. The maximum Gasteiger partial charge on any atom is 0.226 e. The lowest BCUT2D eigenvalue weighted by Gasteiger charge is -2.24. The average molecular weight is 401 g/mol. The second-order valence-corrected chi connectivity index (χ2v) is 7.66. The van der Waals surface area contributed by atoms with Crippen molar-refractivity contribution in [1.82, 2.24) is 15.6 Å². The van der Waals surface area contributed by atoms with E-state index < -0.39 is 0 Å². The molecule has 2 heterocycles. The minimum Gasteiger partial charge on any atom is -0.444 e. The van der Waals surface area contributed by atoms with Crippen molar-refractivity contribution in [3.8, 4) is 11.5 Å². The molecular formula is C22H32N4O3. The maximum absolute atomic E-state index is 9.37. The van der Waals surface area contributed by atoms with Crippen LogP contribution in [0.25, 0.3) is 11.5 Å². The number of benzene rings is 1. The van der Waals surface area contributed by atoms with Gasteiger partial charge < -0.3 is 24.9 Å². The van der Waals surface area contributed by atoms with Gasteiger partial charge in [-0.1, -0.05) is 17.7 Å². The fourth-order valence-electron chi connectivity index (χ4n) is 3.44. The number of guanidine groups is 1. The lowest BCUT2D eigenvalue weighted by Crippen LogP contribution is -2.39. The van der Waals surface area contributed by atoms with Crippen LogP contribution in [0, 0.1) is 12.3 Å². The molecule has 1 unspecified atom stereocenters. The first-order valence-electron chi connectivity index (χ1n) is 10.4. The molecule has 2 aromatic rings. The SMILES string of the molecule is CCNC(=NCC1(CCO)CCOC1)NCCc1coc(-c2ccc(C)cc2)n1. The van der Waals surface area contributed by atoms with Gasteiger partial charge in [-0.2, -0.15) is 0 Å². The van der Waals surface area contributed by atoms with Gasteiger partial charge >= 0.3 is 0 Å². The summed E-state index contributed by atoms with van der Waals surface area (Å²) < 4.78 is 11.2. The molecule has 0 saturated carbocycles. The molecule has 1 aromatic heterocycles. The summed E-state index contributed by atoms with van der Waals surface area (Å²) in [6.45, 7) is 7.82. The van der Waals surface area contributed by atoms with Crippen molar-refractivity contribution >= 4 is 5.96 Å². The van der Waals surface area contributed by atoms with E-state index in [-0.39, 0.29) is 12.0 Å². The van der Waals surface area contributed by atoms with E-state index in [0.717, 1.165) is 49.6 Å². The number of aryl methyl sites for hydroxylation is 1. The molecule has 1 fully saturated rings. The highest BCUT2D eigenvalue weighted by atomic mass is 16.5. The molecule has 3 rings (SSSR count). The number of ether oxygens (including phenoxy) is 1. The molecule has 29 heavy (non-hydrogen) atoms. The van der Waals surface area contributed by atoms with Crippen LogP contribution in [0.3, 0.4) is 0 Å². The fraction of sp³-hybridized carbons (Fsp3) is 0.545. The number of aliphatic imine (C=N–C) groups is 1. The molecule has 158 valence electrons. The van der Waals surface area contributed by atoms with Gasteiger partial charge in [-0.25, -0.2) is 4.98 Å². The third kappa shape index (κ3) is 6.05. The number of nitrogens with one attached hydrogen (secondary N) is 2. The minimum absolute atomic E-state index is 0.0495. The van der Waals surface area contributed by atoms with Crippen LogP contribution >= 0.6 is 0 Å². The lowest BCUT2D eigenvalue weighted by atomic mass is 9.84. The summed E-state index contributed by atoms with van der Waals surface area (Å²) in [6.07, 6.45) is 4.12. The van der Waals surface area contributed by atoms with E-state index in [0.29, 0.717) is 25.6 Å². The Labute approximate surface area is 172 Å². The van der Waals surface area contributed by atoms with Gasteiger partial charge in [0, 0.05) is 43.7 Å². The monoisotopic (exact) mass is 400 g/mol. The van der Waals surface area contributed by atoms with Crippen LogP contribution in [0.2, 0.25) is 0 Å². The number of aromatic nitrogens is 1. The Kier molecular flexibility index (Phi) is 7.66. The van der Waals surface area contributed by atoms with E-state index >= 15 is 0 Å². The standard InChI is InChI=1S/C22H32N4O3/c1-3-23-21(25-15-22(9-12-27)10-13-28-16-22)24-11-8-19-14-29-20(26-19)18-6-4-17(2)5-7-18/h4-7,14,27H,3,8-13,15-16H2,1-2H3,(H2,23,24,25). The summed E-state index contributed by atoms with van der Waals surface area (Å²) >= 11 is 0. The molecule has 7 heteroatoms. The molecule has 1 atom stereocenters. The Balaban J connectivity index is 1.53. The first-order chi connectivity index (χ1) is 14.1. The zero-order valence-corrected chi connectivity index (χ0v) is 17.4. The van der Waals surface area contributed by atoms with Gasteiger partial charge in [0.1, 0.15) is 6.26 Å². The van der Waals surface area contributed by atoms with E-state index in [1.54, 1.807) is 6.26 Å². The third-order valence-corrected chi connectivity index (χ3v) is 5.27. The summed E-state index contributed by atoms with van der Waals surface area (Å²) in [6, 6.07) is 8.15. The number of hydrogen-bond donors (Lipinski definition) is 3. The Morgan fingerprint density at radius 1 is 1.28 bits per heavy atom. The van der Waals surface area contributed by atoms with E-state index in [4.69, 9.17) is 14.1 Å². The molecule has 0 radical (unpaired) electrons. The smallest absolute Gasteiger partial charge is 0.226 e. The molecule has 1 saturated heterocycles. The lowest BCUT2D eigenvalue weighted by molar-refractivity contribution is 0.131. The summed E-state index contributed by atoms with van der Waals surface area (Å²) in [7, 11) is 0. The molecule has 1 aromatic carbocycles. The van der Waals surface area contributed by atoms with E-state index in [9.17, 15) is 5.11 Å². The summed E-state index contributed by atoms with van der Waals surface area (Å²) in [5.74, 6) is 1.42. The van der Waals surface area contributed by atoms with Crippen molar-refractivity contribution in [3.63, 3.8) is 0 Å². The summed E-state index contributed by atoms with van der Waals surface area (Å²) in [4.78, 5) is 9.32. The highest BCUT2D eigenvalue weighted by Gasteiger charge is 2.34. The molecule has 7 nitrogen and oxygen atoms in total. The van der Waals surface area contributed by atoms with Crippen LogP contribution in [0.1, 0.15) is 31.0 Å². The average Bonchev–Trinajstić information content (AvgIpc) is 3.37. The van der Waals surface area contributed by atoms with Crippen LogP contribution < -0.4 is 10.6 Å². The van der Waals surface area contributed by atoms with Crippen LogP contribution in [-0.4, -0.2) is 55.5 Å². The minimum atomic E-state index is -0.0495. The summed E-state index contributed by atoms with van der Waals surface area (Å²) in [5, 5.41) is 16.0. The van der Waals surface area contributed by atoms with Crippen molar-refractivity contribution in [2.24, 2.45) is 10.4 Å². The summed E-state index contributed by atoms with van der Waals surface area (Å²) in [5.41, 5.74) is 3.05. The van der Waals surface area contributed by atoms with Gasteiger partial charge in [0.2, 0.25) is 5.89 Å². The van der Waals surface area contributed by atoms with E-state index in [1.165, 1.54) is 5.56 Å². The van der Waals surface area contributed by atoms with E-state index in [2.05, 4.69) is 34.7 Å². The number of nitrogens with zero attached hydrogens (tertiary/aromatic N) is 2. The fourth-order valence-corrected chi connectivity index (χ4v) is 3.44. The largest absolute Gasteiger partial charge is 0.444 e. The van der Waals surface area contributed by atoms with Crippen molar-refractivity contribution in [3.05, 3.63) is 41.8 Å². The van der Waals surface area contributed by atoms with Gasteiger partial charge in [0.25, 0.3) is 0 Å². The molecular weight excluding hydrogens is 368 g/mol.